The molecule has 0 saturated carbocycles. The van der Waals surface area contributed by atoms with Gasteiger partial charge in [-0.2, -0.15) is 0 Å². The van der Waals surface area contributed by atoms with E-state index in [9.17, 15) is 4.79 Å². The molecule has 0 spiro atoms. The quantitative estimate of drug-likeness (QED) is 0.770. The normalized spacial score (nSPS) is 11.3. The van der Waals surface area contributed by atoms with Crippen LogP contribution in [-0.4, -0.2) is 28.9 Å². The monoisotopic (exact) mass is 349 g/mol. The van der Waals surface area contributed by atoms with Crippen LogP contribution in [0.4, 0.5) is 0 Å². The first kappa shape index (κ1) is 11.9. The van der Waals surface area contributed by atoms with Gasteiger partial charge in [0.05, 0.1) is 5.41 Å². The number of hydrogen-bond acceptors (Lipinski definition) is 1. The molecule has 0 fully saturated rings. The first-order valence-corrected chi connectivity index (χ1v) is 6.43. The van der Waals surface area contributed by atoms with Crippen LogP contribution in [0.2, 0.25) is 0 Å². The molecule has 1 amide bonds. The van der Waals surface area contributed by atoms with Crippen molar-refractivity contribution in [3.8, 4) is 0 Å². The Labute approximate surface area is 91.9 Å². The van der Waals surface area contributed by atoms with Gasteiger partial charge >= 0.3 is 0 Å². The average Bonchev–Trinajstić information content (AvgIpc) is 2.08. The molecule has 0 aliphatic carbocycles. The smallest absolute Gasteiger partial charge is 0.228 e. The van der Waals surface area contributed by atoms with Crippen LogP contribution in [0.1, 0.15) is 0 Å². The van der Waals surface area contributed by atoms with Crippen LogP contribution in [0.15, 0.2) is 0 Å². The van der Waals surface area contributed by atoms with Gasteiger partial charge in [-0.3, -0.25) is 4.79 Å². The Morgan fingerprint density at radius 2 is 1.64 bits per heavy atom. The van der Waals surface area contributed by atoms with Gasteiger partial charge in [0.25, 0.3) is 0 Å². The van der Waals surface area contributed by atoms with Crippen LogP contribution in [0, 0.1) is 5.41 Å². The largest absolute Gasteiger partial charge is 0.359 e. The van der Waals surface area contributed by atoms with Crippen LogP contribution in [-0.2, 0) is 4.79 Å². The second kappa shape index (κ2) is 5.54. The molecule has 66 valence electrons. The van der Waals surface area contributed by atoms with Crippen molar-refractivity contribution >= 4 is 53.7 Å². The van der Waals surface area contributed by atoms with Crippen molar-refractivity contribution in [2.24, 2.45) is 5.41 Å². The van der Waals surface area contributed by atoms with Crippen LogP contribution in [0.5, 0.6) is 0 Å². The number of nitrogens with one attached hydrogen (secondary N) is 1. The Hall–Kier alpha value is 0.910. The molecule has 0 aromatic carbocycles. The zero-order valence-corrected chi connectivity index (χ0v) is 10.9. The van der Waals surface area contributed by atoms with Crippen LogP contribution >= 0.6 is 47.8 Å². The molecule has 2 nitrogen and oxygen atoms in total. The lowest BCUT2D eigenvalue weighted by molar-refractivity contribution is -0.127. The van der Waals surface area contributed by atoms with E-state index in [1.807, 2.05) is 0 Å². The summed E-state index contributed by atoms with van der Waals surface area (Å²) < 4.78 is 0. The van der Waals surface area contributed by atoms with Gasteiger partial charge in [-0.05, 0) is 0 Å². The molecule has 0 aliphatic rings. The molecule has 0 aromatic heterocycles. The molecule has 0 saturated heterocycles. The predicted molar refractivity (Wildman–Crippen MR) is 57.9 cm³/mol. The summed E-state index contributed by atoms with van der Waals surface area (Å²) in [5, 5.41) is 4.58. The summed E-state index contributed by atoms with van der Waals surface area (Å²) in [7, 11) is 1.64. The van der Waals surface area contributed by atoms with E-state index in [1.165, 1.54) is 0 Å². The zero-order chi connectivity index (χ0) is 8.91. The summed E-state index contributed by atoms with van der Waals surface area (Å²) in [6, 6.07) is 0. The molecule has 0 unspecified atom stereocenters. The molecule has 1 N–H and O–H groups in total. The third kappa shape index (κ3) is 2.70. The topological polar surface area (TPSA) is 29.1 Å². The third-order valence-electron chi connectivity index (χ3n) is 1.48. The number of rotatable bonds is 4. The Morgan fingerprint density at radius 1 is 1.27 bits per heavy atom. The summed E-state index contributed by atoms with van der Waals surface area (Å²) in [4.78, 5) is 11.3. The van der Waals surface area contributed by atoms with Gasteiger partial charge in [0.1, 0.15) is 0 Å². The van der Waals surface area contributed by atoms with Crippen LogP contribution in [0.25, 0.3) is 0 Å². The fraction of sp³-hybridized carbons (Fsp3) is 0.833. The lowest BCUT2D eigenvalue weighted by Gasteiger charge is -2.24. The fourth-order valence-electron chi connectivity index (χ4n) is 0.554. The van der Waals surface area contributed by atoms with Gasteiger partial charge in [0, 0.05) is 23.0 Å². The summed E-state index contributed by atoms with van der Waals surface area (Å²) in [5.74, 6) is 0.0446. The Morgan fingerprint density at radius 3 is 1.73 bits per heavy atom. The number of halogens is 3. The van der Waals surface area contributed by atoms with Gasteiger partial charge in [-0.25, -0.2) is 0 Å². The number of carbonyl (C=O) groups excluding carboxylic acids is 1. The number of carbonyl (C=O) groups is 1. The standard InChI is InChI=1S/C6H10Br3NO/c1-10-5(11)6(2-7,3-8)4-9/h2-4H2,1H3,(H,10,11). The van der Waals surface area contributed by atoms with E-state index in [0.717, 1.165) is 0 Å². The number of amides is 1. The molecule has 0 heterocycles. The van der Waals surface area contributed by atoms with E-state index < -0.39 is 0 Å². The van der Waals surface area contributed by atoms with Crippen LogP contribution in [0.3, 0.4) is 0 Å². The molecule has 11 heavy (non-hydrogen) atoms. The summed E-state index contributed by atoms with van der Waals surface area (Å²) in [6.45, 7) is 0. The Balaban J connectivity index is 4.39. The van der Waals surface area contributed by atoms with Gasteiger partial charge in [0.2, 0.25) is 5.91 Å². The van der Waals surface area contributed by atoms with Crippen molar-refractivity contribution in [3.63, 3.8) is 0 Å². The maximum Gasteiger partial charge on any atom is 0.228 e. The van der Waals surface area contributed by atoms with Gasteiger partial charge in [0.15, 0.2) is 0 Å². The highest BCUT2D eigenvalue weighted by Gasteiger charge is 2.34. The lowest BCUT2D eigenvalue weighted by Crippen LogP contribution is -2.43. The molecular formula is C6H10Br3NO. The molecular weight excluding hydrogens is 342 g/mol. The van der Waals surface area contributed by atoms with E-state index in [-0.39, 0.29) is 11.3 Å². The van der Waals surface area contributed by atoms with Crippen molar-refractivity contribution in [2.75, 3.05) is 23.0 Å². The van der Waals surface area contributed by atoms with Crippen molar-refractivity contribution in [3.05, 3.63) is 0 Å². The minimum absolute atomic E-state index is 0.0446. The SMILES string of the molecule is CNC(=O)C(CBr)(CBr)CBr. The molecule has 5 heteroatoms. The highest BCUT2D eigenvalue weighted by atomic mass is 79.9. The minimum atomic E-state index is -0.366. The predicted octanol–water partition coefficient (Wildman–Crippen LogP) is 1.90. The first-order valence-electron chi connectivity index (χ1n) is 3.07. The first-order chi connectivity index (χ1) is 5.16. The van der Waals surface area contributed by atoms with E-state index in [0.29, 0.717) is 16.0 Å². The third-order valence-corrected chi connectivity index (χ3v) is 4.70. The van der Waals surface area contributed by atoms with Gasteiger partial charge in [-0.1, -0.05) is 47.8 Å². The molecule has 0 rings (SSSR count). The maximum atomic E-state index is 11.3. The summed E-state index contributed by atoms with van der Waals surface area (Å²) >= 11 is 9.94. The van der Waals surface area contributed by atoms with E-state index in [2.05, 4.69) is 53.1 Å². The van der Waals surface area contributed by atoms with Crippen molar-refractivity contribution in [1.29, 1.82) is 0 Å². The van der Waals surface area contributed by atoms with Crippen molar-refractivity contribution in [1.82, 2.24) is 5.32 Å². The maximum absolute atomic E-state index is 11.3. The van der Waals surface area contributed by atoms with E-state index in [4.69, 9.17) is 0 Å². The fourth-order valence-corrected chi connectivity index (χ4v) is 4.10. The Bertz CT molecular complexity index is 128. The highest BCUT2D eigenvalue weighted by molar-refractivity contribution is 9.10. The molecule has 0 aromatic rings. The zero-order valence-electron chi connectivity index (χ0n) is 6.16. The summed E-state index contributed by atoms with van der Waals surface area (Å²) in [6.07, 6.45) is 0. The van der Waals surface area contributed by atoms with Gasteiger partial charge in [-0.15, -0.1) is 0 Å². The second-order valence-electron chi connectivity index (χ2n) is 2.26. The minimum Gasteiger partial charge on any atom is -0.359 e. The van der Waals surface area contributed by atoms with Crippen molar-refractivity contribution in [2.45, 2.75) is 0 Å². The second-order valence-corrected chi connectivity index (χ2v) is 3.94. The van der Waals surface area contributed by atoms with Gasteiger partial charge < -0.3 is 5.32 Å². The lowest BCUT2D eigenvalue weighted by atomic mass is 9.95. The molecule has 0 bridgehead atoms. The average molecular weight is 352 g/mol. The Kier molecular flexibility index (Phi) is 6.00. The van der Waals surface area contributed by atoms with E-state index in [1.54, 1.807) is 7.05 Å². The van der Waals surface area contributed by atoms with E-state index >= 15 is 0 Å². The van der Waals surface area contributed by atoms with Crippen LogP contribution < -0.4 is 5.32 Å². The molecule has 0 aliphatic heterocycles. The molecule has 0 atom stereocenters. The molecule has 0 radical (unpaired) electrons. The summed E-state index contributed by atoms with van der Waals surface area (Å²) in [5.41, 5.74) is -0.366. The number of hydrogen-bond donors (Lipinski definition) is 1. The van der Waals surface area contributed by atoms with Crippen molar-refractivity contribution < 1.29 is 4.79 Å². The number of alkyl halides is 3. The highest BCUT2D eigenvalue weighted by Crippen LogP contribution is 2.25.